The van der Waals surface area contributed by atoms with Crippen LogP contribution >= 0.6 is 15.9 Å². The fourth-order valence-corrected chi connectivity index (χ4v) is 1.78. The standard InChI is InChI=1S/C12H15BrN2O5/c1-2-7(5-11(17)18)15-10(16)6-14-12(19)8-3-4-9(13)20-8/h3-4,7H,2,5-6H2,1H3,(H,14,19)(H,15,16)(H,17,18). The van der Waals surface area contributed by atoms with Crippen molar-refractivity contribution in [2.24, 2.45) is 0 Å². The fourth-order valence-electron chi connectivity index (χ4n) is 1.47. The minimum atomic E-state index is -0.985. The highest BCUT2D eigenvalue weighted by molar-refractivity contribution is 9.10. The van der Waals surface area contributed by atoms with Crippen LogP contribution in [0.1, 0.15) is 30.3 Å². The van der Waals surface area contributed by atoms with Crippen LogP contribution in [0.25, 0.3) is 0 Å². The largest absolute Gasteiger partial charge is 0.481 e. The van der Waals surface area contributed by atoms with E-state index in [1.807, 2.05) is 0 Å². The van der Waals surface area contributed by atoms with Crippen LogP contribution in [-0.2, 0) is 9.59 Å². The van der Waals surface area contributed by atoms with Gasteiger partial charge in [-0.05, 0) is 34.5 Å². The summed E-state index contributed by atoms with van der Waals surface area (Å²) in [7, 11) is 0. The van der Waals surface area contributed by atoms with Gasteiger partial charge in [-0.15, -0.1) is 0 Å². The van der Waals surface area contributed by atoms with Gasteiger partial charge < -0.3 is 20.2 Å². The zero-order chi connectivity index (χ0) is 15.1. The molecule has 8 heteroatoms. The molecule has 1 rings (SSSR count). The quantitative estimate of drug-likeness (QED) is 0.685. The lowest BCUT2D eigenvalue weighted by molar-refractivity contribution is -0.137. The summed E-state index contributed by atoms with van der Waals surface area (Å²) in [5.74, 6) is -1.86. The molecule has 0 bridgehead atoms. The molecule has 7 nitrogen and oxygen atoms in total. The Morgan fingerprint density at radius 1 is 1.40 bits per heavy atom. The number of nitrogens with one attached hydrogen (secondary N) is 2. The van der Waals surface area contributed by atoms with Crippen molar-refractivity contribution < 1.29 is 23.9 Å². The van der Waals surface area contributed by atoms with Gasteiger partial charge in [-0.3, -0.25) is 14.4 Å². The minimum absolute atomic E-state index is 0.0854. The molecule has 0 fully saturated rings. The lowest BCUT2D eigenvalue weighted by Crippen LogP contribution is -2.42. The number of furan rings is 1. The second-order valence-corrected chi connectivity index (χ2v) is 4.84. The van der Waals surface area contributed by atoms with Crippen molar-refractivity contribution in [1.29, 1.82) is 0 Å². The summed E-state index contributed by atoms with van der Waals surface area (Å²) in [6.07, 6.45) is 0.346. The van der Waals surface area contributed by atoms with Gasteiger partial charge in [-0.25, -0.2) is 0 Å². The number of hydrogen-bond donors (Lipinski definition) is 3. The summed E-state index contributed by atoms with van der Waals surface area (Å²) in [5, 5.41) is 13.6. The van der Waals surface area contributed by atoms with Crippen molar-refractivity contribution in [2.75, 3.05) is 6.54 Å². The molecular formula is C12H15BrN2O5. The van der Waals surface area contributed by atoms with Gasteiger partial charge in [-0.1, -0.05) is 6.92 Å². The van der Waals surface area contributed by atoms with Crippen LogP contribution in [0.15, 0.2) is 21.2 Å². The number of amides is 2. The number of rotatable bonds is 7. The van der Waals surface area contributed by atoms with Gasteiger partial charge in [0.25, 0.3) is 5.91 Å². The van der Waals surface area contributed by atoms with Crippen LogP contribution in [0, 0.1) is 0 Å². The first-order chi connectivity index (χ1) is 9.42. The molecule has 0 aromatic carbocycles. The monoisotopic (exact) mass is 346 g/mol. The third-order valence-electron chi connectivity index (χ3n) is 2.49. The van der Waals surface area contributed by atoms with E-state index in [0.29, 0.717) is 11.1 Å². The number of carbonyl (C=O) groups excluding carboxylic acids is 2. The van der Waals surface area contributed by atoms with Crippen LogP contribution < -0.4 is 10.6 Å². The molecule has 1 unspecified atom stereocenters. The summed E-state index contributed by atoms with van der Waals surface area (Å²) >= 11 is 3.06. The van der Waals surface area contributed by atoms with Crippen LogP contribution in [0.4, 0.5) is 0 Å². The van der Waals surface area contributed by atoms with Gasteiger partial charge in [-0.2, -0.15) is 0 Å². The van der Waals surface area contributed by atoms with Crippen molar-refractivity contribution in [3.8, 4) is 0 Å². The molecule has 20 heavy (non-hydrogen) atoms. The topological polar surface area (TPSA) is 109 Å². The first-order valence-corrected chi connectivity index (χ1v) is 6.76. The third kappa shape index (κ3) is 5.43. The maximum absolute atomic E-state index is 11.6. The van der Waals surface area contributed by atoms with Crippen LogP contribution in [0.2, 0.25) is 0 Å². The van der Waals surface area contributed by atoms with Gasteiger partial charge in [0.2, 0.25) is 5.91 Å². The van der Waals surface area contributed by atoms with E-state index >= 15 is 0 Å². The van der Waals surface area contributed by atoms with E-state index in [0.717, 1.165) is 0 Å². The van der Waals surface area contributed by atoms with Crippen LogP contribution in [-0.4, -0.2) is 35.5 Å². The SMILES string of the molecule is CCC(CC(=O)O)NC(=O)CNC(=O)c1ccc(Br)o1. The summed E-state index contributed by atoms with van der Waals surface area (Å²) in [6, 6.07) is 2.58. The number of aliphatic carboxylic acids is 1. The second kappa shape index (κ2) is 7.68. The molecule has 0 radical (unpaired) electrons. The number of carboxylic acid groups (broad SMARTS) is 1. The molecule has 2 amide bonds. The molecule has 3 N–H and O–H groups in total. The molecule has 0 aliphatic carbocycles. The molecule has 0 aliphatic rings. The van der Waals surface area contributed by atoms with Crippen molar-refractivity contribution in [3.05, 3.63) is 22.6 Å². The summed E-state index contributed by atoms with van der Waals surface area (Å²) in [6.45, 7) is 1.53. The van der Waals surface area contributed by atoms with E-state index in [1.54, 1.807) is 13.0 Å². The van der Waals surface area contributed by atoms with Gasteiger partial charge in [0.1, 0.15) is 0 Å². The number of carboxylic acids is 1. The highest BCUT2D eigenvalue weighted by Gasteiger charge is 2.16. The second-order valence-electron chi connectivity index (χ2n) is 4.06. The first-order valence-electron chi connectivity index (χ1n) is 5.97. The normalized spacial score (nSPS) is 11.7. The van der Waals surface area contributed by atoms with E-state index in [4.69, 9.17) is 9.52 Å². The van der Waals surface area contributed by atoms with Gasteiger partial charge in [0.05, 0.1) is 13.0 Å². The Hall–Kier alpha value is -1.83. The number of hydrogen-bond acceptors (Lipinski definition) is 4. The van der Waals surface area contributed by atoms with E-state index in [9.17, 15) is 14.4 Å². The smallest absolute Gasteiger partial charge is 0.305 e. The Kier molecular flexibility index (Phi) is 6.23. The maximum atomic E-state index is 11.6. The zero-order valence-corrected chi connectivity index (χ0v) is 12.4. The van der Waals surface area contributed by atoms with E-state index in [-0.39, 0.29) is 18.7 Å². The minimum Gasteiger partial charge on any atom is -0.481 e. The molecule has 110 valence electrons. The number of halogens is 1. The molecule has 0 saturated heterocycles. The fraction of sp³-hybridized carbons (Fsp3) is 0.417. The Morgan fingerprint density at radius 2 is 2.10 bits per heavy atom. The van der Waals surface area contributed by atoms with E-state index in [1.165, 1.54) is 6.07 Å². The summed E-state index contributed by atoms with van der Waals surface area (Å²) in [4.78, 5) is 33.7. The average Bonchev–Trinajstić information content (AvgIpc) is 2.81. The molecule has 0 spiro atoms. The van der Waals surface area contributed by atoms with E-state index < -0.39 is 23.8 Å². The van der Waals surface area contributed by atoms with E-state index in [2.05, 4.69) is 26.6 Å². The predicted octanol–water partition coefficient (Wildman–Crippen LogP) is 1.14. The lowest BCUT2D eigenvalue weighted by Gasteiger charge is -2.14. The molecule has 0 saturated carbocycles. The van der Waals surface area contributed by atoms with Crippen LogP contribution in [0.5, 0.6) is 0 Å². The Morgan fingerprint density at radius 3 is 2.60 bits per heavy atom. The lowest BCUT2D eigenvalue weighted by atomic mass is 10.1. The van der Waals surface area contributed by atoms with Crippen molar-refractivity contribution in [1.82, 2.24) is 10.6 Å². The maximum Gasteiger partial charge on any atom is 0.305 e. The zero-order valence-electron chi connectivity index (χ0n) is 10.8. The van der Waals surface area contributed by atoms with Gasteiger partial charge in [0.15, 0.2) is 10.4 Å². The predicted molar refractivity (Wildman–Crippen MR) is 73.2 cm³/mol. The van der Waals surface area contributed by atoms with Gasteiger partial charge >= 0.3 is 5.97 Å². The molecule has 1 heterocycles. The first kappa shape index (κ1) is 16.2. The highest BCUT2D eigenvalue weighted by atomic mass is 79.9. The molecule has 1 aromatic heterocycles. The van der Waals surface area contributed by atoms with Crippen molar-refractivity contribution in [3.63, 3.8) is 0 Å². The molecule has 0 aliphatic heterocycles. The Bertz CT molecular complexity index is 500. The van der Waals surface area contributed by atoms with Gasteiger partial charge in [0, 0.05) is 6.04 Å². The average molecular weight is 347 g/mol. The molecular weight excluding hydrogens is 332 g/mol. The van der Waals surface area contributed by atoms with Crippen molar-refractivity contribution >= 4 is 33.7 Å². The summed E-state index contributed by atoms with van der Waals surface area (Å²) in [5.41, 5.74) is 0. The highest BCUT2D eigenvalue weighted by Crippen LogP contribution is 2.13. The Balaban J connectivity index is 2.39. The van der Waals surface area contributed by atoms with Crippen LogP contribution in [0.3, 0.4) is 0 Å². The molecule has 1 atom stereocenters. The third-order valence-corrected chi connectivity index (χ3v) is 2.91. The van der Waals surface area contributed by atoms with Crippen molar-refractivity contribution in [2.45, 2.75) is 25.8 Å². The molecule has 1 aromatic rings. The Labute approximate surface area is 123 Å². The number of carbonyl (C=O) groups is 3. The summed E-state index contributed by atoms with van der Waals surface area (Å²) < 4.78 is 5.44.